The Morgan fingerprint density at radius 1 is 1.20 bits per heavy atom. The highest BCUT2D eigenvalue weighted by molar-refractivity contribution is 5.26. The molecule has 0 spiro atoms. The maximum absolute atomic E-state index is 9.73. The van der Waals surface area contributed by atoms with Gasteiger partial charge in [-0.3, -0.25) is 0 Å². The zero-order valence-corrected chi connectivity index (χ0v) is 12.2. The minimum atomic E-state index is -0.523. The van der Waals surface area contributed by atoms with Gasteiger partial charge in [0, 0.05) is 12.6 Å². The van der Waals surface area contributed by atoms with Gasteiger partial charge in [0.05, 0.1) is 19.8 Å². The second-order valence-corrected chi connectivity index (χ2v) is 4.95. The van der Waals surface area contributed by atoms with E-state index in [1.54, 1.807) is 0 Å². The van der Waals surface area contributed by atoms with Crippen LogP contribution in [-0.2, 0) is 11.3 Å². The minimum Gasteiger partial charge on any atom is -0.491 e. The first-order valence-corrected chi connectivity index (χ1v) is 6.93. The molecule has 114 valence electrons. The molecular weight excluding hydrogens is 258 g/mol. The van der Waals surface area contributed by atoms with Crippen LogP contribution in [0.1, 0.15) is 19.4 Å². The predicted molar refractivity (Wildman–Crippen MR) is 77.8 cm³/mol. The third-order valence-electron chi connectivity index (χ3n) is 2.63. The smallest absolute Gasteiger partial charge is 0.119 e. The van der Waals surface area contributed by atoms with Crippen molar-refractivity contribution in [2.75, 3.05) is 26.4 Å². The van der Waals surface area contributed by atoms with Gasteiger partial charge in [0.2, 0.25) is 0 Å². The third kappa shape index (κ3) is 7.45. The van der Waals surface area contributed by atoms with Crippen molar-refractivity contribution in [3.05, 3.63) is 29.8 Å². The number of aliphatic hydroxyl groups excluding tert-OH is 2. The van der Waals surface area contributed by atoms with Gasteiger partial charge in [-0.15, -0.1) is 0 Å². The Bertz CT molecular complexity index is 353. The van der Waals surface area contributed by atoms with Gasteiger partial charge in [0.15, 0.2) is 0 Å². The van der Waals surface area contributed by atoms with E-state index in [0.29, 0.717) is 25.8 Å². The van der Waals surface area contributed by atoms with Gasteiger partial charge in [0.25, 0.3) is 0 Å². The summed E-state index contributed by atoms with van der Waals surface area (Å²) in [7, 11) is 0. The lowest BCUT2D eigenvalue weighted by atomic mass is 10.2. The van der Waals surface area contributed by atoms with Crippen molar-refractivity contribution in [3.63, 3.8) is 0 Å². The molecule has 0 saturated heterocycles. The van der Waals surface area contributed by atoms with Crippen LogP contribution in [0.25, 0.3) is 0 Å². The molecular formula is C15H25NO4. The van der Waals surface area contributed by atoms with Crippen LogP contribution in [0, 0.1) is 0 Å². The lowest BCUT2D eigenvalue weighted by Gasteiger charge is -2.15. The van der Waals surface area contributed by atoms with E-state index in [9.17, 15) is 5.11 Å². The second kappa shape index (κ2) is 9.72. The Balaban J connectivity index is 2.27. The fourth-order valence-electron chi connectivity index (χ4n) is 1.56. The van der Waals surface area contributed by atoms with Gasteiger partial charge in [-0.1, -0.05) is 26.0 Å². The topological polar surface area (TPSA) is 71.0 Å². The normalized spacial score (nSPS) is 12.7. The van der Waals surface area contributed by atoms with Crippen LogP contribution in [0.3, 0.4) is 0 Å². The van der Waals surface area contributed by atoms with E-state index in [4.69, 9.17) is 14.6 Å². The molecule has 20 heavy (non-hydrogen) atoms. The molecule has 1 aromatic carbocycles. The van der Waals surface area contributed by atoms with Gasteiger partial charge in [-0.2, -0.15) is 0 Å². The number of benzene rings is 1. The molecule has 0 fully saturated rings. The first kappa shape index (κ1) is 16.9. The largest absolute Gasteiger partial charge is 0.491 e. The minimum absolute atomic E-state index is 0.0312. The Kier molecular flexibility index (Phi) is 8.22. The molecule has 0 aliphatic heterocycles. The molecule has 1 rings (SSSR count). The van der Waals surface area contributed by atoms with Crippen molar-refractivity contribution in [3.8, 4) is 5.75 Å². The highest BCUT2D eigenvalue weighted by atomic mass is 16.5. The molecule has 0 amide bonds. The van der Waals surface area contributed by atoms with E-state index in [1.807, 2.05) is 38.1 Å². The van der Waals surface area contributed by atoms with Gasteiger partial charge in [-0.05, 0) is 17.7 Å². The summed E-state index contributed by atoms with van der Waals surface area (Å²) < 4.78 is 10.7. The molecule has 1 atom stereocenters. The van der Waals surface area contributed by atoms with Gasteiger partial charge >= 0.3 is 0 Å². The van der Waals surface area contributed by atoms with E-state index in [1.165, 1.54) is 0 Å². The van der Waals surface area contributed by atoms with Gasteiger partial charge < -0.3 is 25.0 Å². The maximum atomic E-state index is 9.73. The van der Waals surface area contributed by atoms with Gasteiger partial charge in [-0.25, -0.2) is 0 Å². The first-order valence-electron chi connectivity index (χ1n) is 6.93. The van der Waals surface area contributed by atoms with Crippen LogP contribution in [0.2, 0.25) is 0 Å². The van der Waals surface area contributed by atoms with Crippen molar-refractivity contribution >= 4 is 0 Å². The third-order valence-corrected chi connectivity index (χ3v) is 2.63. The molecule has 1 aromatic rings. The van der Waals surface area contributed by atoms with E-state index in [2.05, 4.69) is 5.32 Å². The first-order chi connectivity index (χ1) is 9.61. The van der Waals surface area contributed by atoms with E-state index < -0.39 is 6.10 Å². The Morgan fingerprint density at radius 3 is 2.50 bits per heavy atom. The number of rotatable bonds is 10. The van der Waals surface area contributed by atoms with Crippen LogP contribution >= 0.6 is 0 Å². The Labute approximate surface area is 120 Å². The summed E-state index contributed by atoms with van der Waals surface area (Å²) in [4.78, 5) is 0. The Morgan fingerprint density at radius 2 is 1.90 bits per heavy atom. The second-order valence-electron chi connectivity index (χ2n) is 4.95. The predicted octanol–water partition coefficient (Wildman–Crippen LogP) is 0.933. The molecule has 0 radical (unpaired) electrons. The monoisotopic (exact) mass is 283 g/mol. The standard InChI is InChI=1S/C15H25NO4/c1-12(2)16-9-14(18)11-20-15-5-3-13(4-6-15)10-19-8-7-17/h3-6,12,14,16-18H,7-11H2,1-2H3/t14-/m1/s1. The maximum Gasteiger partial charge on any atom is 0.119 e. The van der Waals surface area contributed by atoms with Crippen LogP contribution in [0.15, 0.2) is 24.3 Å². The summed E-state index contributed by atoms with van der Waals surface area (Å²) in [5.74, 6) is 0.722. The van der Waals surface area contributed by atoms with Crippen molar-refractivity contribution in [2.24, 2.45) is 0 Å². The average molecular weight is 283 g/mol. The lowest BCUT2D eigenvalue weighted by Crippen LogP contribution is -2.35. The molecule has 3 N–H and O–H groups in total. The lowest BCUT2D eigenvalue weighted by molar-refractivity contribution is 0.0814. The summed E-state index contributed by atoms with van der Waals surface area (Å²) in [6.45, 7) is 5.69. The molecule has 0 aliphatic carbocycles. The van der Waals surface area contributed by atoms with E-state index in [0.717, 1.165) is 11.3 Å². The Hall–Kier alpha value is -1.14. The highest BCUT2D eigenvalue weighted by Crippen LogP contribution is 2.13. The van der Waals surface area contributed by atoms with Crippen molar-refractivity contribution in [1.29, 1.82) is 0 Å². The molecule has 0 heterocycles. The summed E-state index contributed by atoms with van der Waals surface area (Å²) in [6, 6.07) is 7.86. The van der Waals surface area contributed by atoms with Crippen LogP contribution in [0.5, 0.6) is 5.75 Å². The summed E-state index contributed by atoms with van der Waals surface area (Å²) >= 11 is 0. The van der Waals surface area contributed by atoms with Crippen LogP contribution < -0.4 is 10.1 Å². The average Bonchev–Trinajstić information content (AvgIpc) is 2.44. The molecule has 0 aliphatic rings. The molecule has 0 unspecified atom stereocenters. The van der Waals surface area contributed by atoms with Crippen molar-refractivity contribution in [2.45, 2.75) is 32.6 Å². The van der Waals surface area contributed by atoms with Crippen molar-refractivity contribution < 1.29 is 19.7 Å². The SMILES string of the molecule is CC(C)NC[C@@H](O)COc1ccc(COCCO)cc1. The number of aliphatic hydroxyl groups is 2. The summed E-state index contributed by atoms with van der Waals surface area (Å²) in [5.41, 5.74) is 1.02. The summed E-state index contributed by atoms with van der Waals surface area (Å²) in [5, 5.41) is 21.5. The molecule has 0 aromatic heterocycles. The fourth-order valence-corrected chi connectivity index (χ4v) is 1.56. The molecule has 0 bridgehead atoms. The number of ether oxygens (including phenoxy) is 2. The molecule has 5 heteroatoms. The van der Waals surface area contributed by atoms with Crippen LogP contribution in [0.4, 0.5) is 0 Å². The number of hydrogen-bond donors (Lipinski definition) is 3. The quantitative estimate of drug-likeness (QED) is 0.557. The van der Waals surface area contributed by atoms with Crippen LogP contribution in [-0.4, -0.2) is 48.7 Å². The van der Waals surface area contributed by atoms with E-state index >= 15 is 0 Å². The zero-order valence-electron chi connectivity index (χ0n) is 12.2. The molecule has 5 nitrogen and oxygen atoms in total. The molecule has 0 saturated carbocycles. The number of hydrogen-bond acceptors (Lipinski definition) is 5. The van der Waals surface area contributed by atoms with Crippen molar-refractivity contribution in [1.82, 2.24) is 5.32 Å². The summed E-state index contributed by atoms with van der Waals surface area (Å²) in [6.07, 6.45) is -0.523. The fraction of sp³-hybridized carbons (Fsp3) is 0.600. The zero-order chi connectivity index (χ0) is 14.8. The number of nitrogens with one attached hydrogen (secondary N) is 1. The van der Waals surface area contributed by atoms with E-state index in [-0.39, 0.29) is 13.2 Å². The highest BCUT2D eigenvalue weighted by Gasteiger charge is 2.06. The van der Waals surface area contributed by atoms with Gasteiger partial charge in [0.1, 0.15) is 18.5 Å².